The molecule has 1 aromatic rings. The second kappa shape index (κ2) is 5.87. The van der Waals surface area contributed by atoms with E-state index < -0.39 is 11.9 Å². The van der Waals surface area contributed by atoms with Crippen LogP contribution in [0.15, 0.2) is 24.3 Å². The van der Waals surface area contributed by atoms with Gasteiger partial charge in [-0.05, 0) is 32.0 Å². The number of phenols is 1. The van der Waals surface area contributed by atoms with Crippen LogP contribution < -0.4 is 0 Å². The normalized spacial score (nSPS) is 18.4. The number of benzene rings is 1. The lowest BCUT2D eigenvalue weighted by Crippen LogP contribution is -2.35. The first-order valence-electron chi connectivity index (χ1n) is 6.41. The number of piperidine rings is 1. The number of rotatable bonds is 4. The van der Waals surface area contributed by atoms with Crippen molar-refractivity contribution in [3.63, 3.8) is 0 Å². The van der Waals surface area contributed by atoms with Crippen molar-refractivity contribution < 1.29 is 15.0 Å². The van der Waals surface area contributed by atoms with E-state index in [2.05, 4.69) is 4.90 Å². The van der Waals surface area contributed by atoms with Crippen LogP contribution in [0.25, 0.3) is 0 Å². The number of aliphatic carboxylic acids is 1. The van der Waals surface area contributed by atoms with Crippen molar-refractivity contribution in [3.05, 3.63) is 29.8 Å². The second-order valence-corrected chi connectivity index (χ2v) is 4.81. The van der Waals surface area contributed by atoms with Crippen LogP contribution in [0.2, 0.25) is 0 Å². The van der Waals surface area contributed by atoms with E-state index in [1.54, 1.807) is 24.3 Å². The largest absolute Gasteiger partial charge is 0.508 e. The summed E-state index contributed by atoms with van der Waals surface area (Å²) in [6, 6.07) is 6.71. The summed E-state index contributed by atoms with van der Waals surface area (Å²) in [6.07, 6.45) is 3.49. The van der Waals surface area contributed by atoms with Gasteiger partial charge in [0.05, 0.1) is 5.92 Å². The van der Waals surface area contributed by atoms with Crippen LogP contribution in [0.5, 0.6) is 5.75 Å². The van der Waals surface area contributed by atoms with Crippen LogP contribution in [-0.2, 0) is 4.79 Å². The minimum atomic E-state index is -0.873. The molecule has 0 radical (unpaired) electrons. The summed E-state index contributed by atoms with van der Waals surface area (Å²) < 4.78 is 0. The van der Waals surface area contributed by atoms with E-state index >= 15 is 0 Å². The fourth-order valence-electron chi connectivity index (χ4n) is 2.49. The molecule has 1 fully saturated rings. The molecule has 98 valence electrons. The standard InChI is InChI=1S/C14H19NO3/c16-13-7-3-2-6-11(13)12(14(17)18)10-15-8-4-1-5-9-15/h2-3,6-7,12,16H,1,4-5,8-10H2,(H,17,18). The SMILES string of the molecule is O=C(O)C(CN1CCCCC1)c1ccccc1O. The van der Waals surface area contributed by atoms with Crippen molar-refractivity contribution in [1.29, 1.82) is 0 Å². The molecule has 1 heterocycles. The number of carbonyl (C=O) groups is 1. The predicted molar refractivity (Wildman–Crippen MR) is 68.8 cm³/mol. The third kappa shape index (κ3) is 3.01. The third-order valence-electron chi connectivity index (χ3n) is 3.50. The van der Waals surface area contributed by atoms with E-state index in [1.807, 2.05) is 0 Å². The van der Waals surface area contributed by atoms with E-state index in [0.717, 1.165) is 25.9 Å². The van der Waals surface area contributed by atoms with Crippen molar-refractivity contribution >= 4 is 5.97 Å². The number of phenolic OH excluding ortho intramolecular Hbond substituents is 1. The molecule has 1 unspecified atom stereocenters. The van der Waals surface area contributed by atoms with Crippen molar-refractivity contribution in [1.82, 2.24) is 4.90 Å². The highest BCUT2D eigenvalue weighted by Crippen LogP contribution is 2.27. The average molecular weight is 249 g/mol. The molecule has 2 rings (SSSR count). The Morgan fingerprint density at radius 2 is 1.89 bits per heavy atom. The summed E-state index contributed by atoms with van der Waals surface area (Å²) in [5, 5.41) is 19.1. The van der Waals surface area contributed by atoms with Crippen LogP contribution in [0.3, 0.4) is 0 Å². The number of hydrogen-bond donors (Lipinski definition) is 2. The van der Waals surface area contributed by atoms with Gasteiger partial charge in [-0.1, -0.05) is 24.6 Å². The molecule has 1 atom stereocenters. The maximum Gasteiger partial charge on any atom is 0.312 e. The zero-order valence-electron chi connectivity index (χ0n) is 10.4. The van der Waals surface area contributed by atoms with Gasteiger partial charge in [0.2, 0.25) is 0 Å². The maximum atomic E-state index is 11.4. The Morgan fingerprint density at radius 3 is 2.50 bits per heavy atom. The van der Waals surface area contributed by atoms with Crippen molar-refractivity contribution in [2.24, 2.45) is 0 Å². The Kier molecular flexibility index (Phi) is 4.20. The highest BCUT2D eigenvalue weighted by Gasteiger charge is 2.25. The molecule has 18 heavy (non-hydrogen) atoms. The monoisotopic (exact) mass is 249 g/mol. The Bertz CT molecular complexity index is 413. The van der Waals surface area contributed by atoms with Crippen LogP contribution >= 0.6 is 0 Å². The number of likely N-dealkylation sites (tertiary alicyclic amines) is 1. The van der Waals surface area contributed by atoms with E-state index in [4.69, 9.17) is 0 Å². The lowest BCUT2D eigenvalue weighted by molar-refractivity contribution is -0.139. The summed E-state index contributed by atoms with van der Waals surface area (Å²) in [7, 11) is 0. The van der Waals surface area contributed by atoms with Gasteiger partial charge in [0.1, 0.15) is 5.75 Å². The molecule has 0 spiro atoms. The lowest BCUT2D eigenvalue weighted by atomic mass is 9.96. The van der Waals surface area contributed by atoms with Crippen LogP contribution in [-0.4, -0.2) is 40.7 Å². The molecule has 1 aromatic carbocycles. The number of carboxylic acids is 1. The fourth-order valence-corrected chi connectivity index (χ4v) is 2.49. The molecule has 2 N–H and O–H groups in total. The molecule has 1 aliphatic rings. The lowest BCUT2D eigenvalue weighted by Gasteiger charge is -2.29. The summed E-state index contributed by atoms with van der Waals surface area (Å²) in [5.41, 5.74) is 0.510. The fraction of sp³-hybridized carbons (Fsp3) is 0.500. The molecule has 0 amide bonds. The number of nitrogens with zero attached hydrogens (tertiary/aromatic N) is 1. The van der Waals surface area contributed by atoms with Gasteiger partial charge in [0, 0.05) is 12.1 Å². The number of aromatic hydroxyl groups is 1. The molecule has 1 aliphatic heterocycles. The minimum absolute atomic E-state index is 0.0712. The van der Waals surface area contributed by atoms with Crippen molar-refractivity contribution in [3.8, 4) is 5.75 Å². The number of para-hydroxylation sites is 1. The van der Waals surface area contributed by atoms with Gasteiger partial charge in [-0.15, -0.1) is 0 Å². The van der Waals surface area contributed by atoms with E-state index in [9.17, 15) is 15.0 Å². The highest BCUT2D eigenvalue weighted by atomic mass is 16.4. The van der Waals surface area contributed by atoms with Gasteiger partial charge in [-0.2, -0.15) is 0 Å². The summed E-state index contributed by atoms with van der Waals surface area (Å²) >= 11 is 0. The molecule has 4 heteroatoms. The van der Waals surface area contributed by atoms with Gasteiger partial charge >= 0.3 is 5.97 Å². The summed E-state index contributed by atoms with van der Waals surface area (Å²) in [5.74, 6) is -1.45. The Hall–Kier alpha value is -1.55. The second-order valence-electron chi connectivity index (χ2n) is 4.81. The molecule has 0 bridgehead atoms. The van der Waals surface area contributed by atoms with Gasteiger partial charge in [0.15, 0.2) is 0 Å². The Morgan fingerprint density at radius 1 is 1.22 bits per heavy atom. The molecular formula is C14H19NO3. The van der Waals surface area contributed by atoms with Crippen LogP contribution in [0.4, 0.5) is 0 Å². The summed E-state index contributed by atoms with van der Waals surface area (Å²) in [6.45, 7) is 2.39. The van der Waals surface area contributed by atoms with Crippen LogP contribution in [0.1, 0.15) is 30.7 Å². The zero-order chi connectivity index (χ0) is 13.0. The molecule has 0 aliphatic carbocycles. The zero-order valence-corrected chi connectivity index (χ0v) is 10.4. The van der Waals surface area contributed by atoms with Gasteiger partial charge in [0.25, 0.3) is 0 Å². The first-order valence-corrected chi connectivity index (χ1v) is 6.41. The number of hydrogen-bond acceptors (Lipinski definition) is 3. The number of carboxylic acid groups (broad SMARTS) is 1. The maximum absolute atomic E-state index is 11.4. The minimum Gasteiger partial charge on any atom is -0.508 e. The Labute approximate surface area is 107 Å². The molecule has 0 aromatic heterocycles. The van der Waals surface area contributed by atoms with Crippen molar-refractivity contribution in [2.75, 3.05) is 19.6 Å². The molecule has 1 saturated heterocycles. The molecule has 4 nitrogen and oxygen atoms in total. The van der Waals surface area contributed by atoms with Gasteiger partial charge < -0.3 is 15.1 Å². The van der Waals surface area contributed by atoms with Gasteiger partial charge in [-0.3, -0.25) is 4.79 Å². The van der Waals surface area contributed by atoms with Crippen molar-refractivity contribution in [2.45, 2.75) is 25.2 Å². The summed E-state index contributed by atoms with van der Waals surface area (Å²) in [4.78, 5) is 13.6. The first-order chi connectivity index (χ1) is 8.68. The first kappa shape index (κ1) is 12.9. The van der Waals surface area contributed by atoms with E-state index in [-0.39, 0.29) is 5.75 Å². The quantitative estimate of drug-likeness (QED) is 0.857. The topological polar surface area (TPSA) is 60.8 Å². The van der Waals surface area contributed by atoms with E-state index in [1.165, 1.54) is 6.42 Å². The third-order valence-corrected chi connectivity index (χ3v) is 3.50. The predicted octanol–water partition coefficient (Wildman–Crippen LogP) is 2.05. The smallest absolute Gasteiger partial charge is 0.312 e. The molecular weight excluding hydrogens is 230 g/mol. The molecule has 0 saturated carbocycles. The average Bonchev–Trinajstić information content (AvgIpc) is 2.38. The highest BCUT2D eigenvalue weighted by molar-refractivity contribution is 5.77. The van der Waals surface area contributed by atoms with E-state index in [0.29, 0.717) is 12.1 Å². The van der Waals surface area contributed by atoms with Gasteiger partial charge in [-0.25, -0.2) is 0 Å². The van der Waals surface area contributed by atoms with Crippen LogP contribution in [0, 0.1) is 0 Å². The Balaban J connectivity index is 2.13.